The van der Waals surface area contributed by atoms with Gasteiger partial charge >= 0.3 is 0 Å². The molecule has 1 aromatic rings. The van der Waals surface area contributed by atoms with Gasteiger partial charge in [0.15, 0.2) is 0 Å². The molecule has 0 unspecified atom stereocenters. The topological polar surface area (TPSA) is 75.3 Å². The molecule has 0 bridgehead atoms. The number of amides is 1. The molecule has 6 heteroatoms. The van der Waals surface area contributed by atoms with Crippen LogP contribution in [-0.4, -0.2) is 46.5 Å². The van der Waals surface area contributed by atoms with Crippen molar-refractivity contribution in [2.24, 2.45) is 0 Å². The molecule has 2 heterocycles. The molecule has 0 aromatic carbocycles. The van der Waals surface area contributed by atoms with Crippen LogP contribution in [0.15, 0.2) is 6.07 Å². The van der Waals surface area contributed by atoms with Crippen LogP contribution in [0.1, 0.15) is 19.5 Å². The smallest absolute Gasteiger partial charge is 0.247 e. The first-order valence-corrected chi connectivity index (χ1v) is 5.97. The van der Waals surface area contributed by atoms with Gasteiger partial charge in [-0.1, -0.05) is 0 Å². The minimum atomic E-state index is -0.611. The van der Waals surface area contributed by atoms with E-state index in [4.69, 9.17) is 5.73 Å². The largest absolute Gasteiger partial charge is 0.368 e. The molecule has 1 aromatic heterocycles. The van der Waals surface area contributed by atoms with Crippen LogP contribution in [0.25, 0.3) is 0 Å². The summed E-state index contributed by atoms with van der Waals surface area (Å²) in [4.78, 5) is 24.2. The molecule has 6 nitrogen and oxygen atoms in total. The monoisotopic (exact) mass is 249 g/mol. The Balaban J connectivity index is 2.41. The molecule has 0 atom stereocenters. The van der Waals surface area contributed by atoms with Crippen LogP contribution >= 0.6 is 0 Å². The van der Waals surface area contributed by atoms with Crippen molar-refractivity contribution in [1.29, 1.82) is 0 Å². The van der Waals surface area contributed by atoms with Crippen molar-refractivity contribution < 1.29 is 4.79 Å². The van der Waals surface area contributed by atoms with E-state index in [0.717, 1.165) is 12.2 Å². The summed E-state index contributed by atoms with van der Waals surface area (Å²) in [6.45, 7) is 7.10. The predicted octanol–water partition coefficient (Wildman–Crippen LogP) is 0.424. The molecule has 1 fully saturated rings. The zero-order chi connectivity index (χ0) is 13.5. The number of likely N-dealkylation sites (N-methyl/N-ethyl adjacent to an activating group) is 1. The first-order chi connectivity index (χ1) is 8.32. The highest BCUT2D eigenvalue weighted by molar-refractivity contribution is 5.90. The summed E-state index contributed by atoms with van der Waals surface area (Å²) >= 11 is 0. The summed E-state index contributed by atoms with van der Waals surface area (Å²) < 4.78 is 0. The second-order valence-corrected chi connectivity index (χ2v) is 5.16. The number of hydrogen-bond donors (Lipinski definition) is 1. The molecule has 2 rings (SSSR count). The first-order valence-electron chi connectivity index (χ1n) is 5.97. The highest BCUT2D eigenvalue weighted by atomic mass is 16.2. The third-order valence-corrected chi connectivity index (χ3v) is 3.34. The van der Waals surface area contributed by atoms with E-state index in [1.165, 1.54) is 0 Å². The van der Waals surface area contributed by atoms with Gasteiger partial charge in [-0.2, -0.15) is 4.98 Å². The van der Waals surface area contributed by atoms with Crippen LogP contribution < -0.4 is 10.6 Å². The third-order valence-electron chi connectivity index (χ3n) is 3.34. The lowest BCUT2D eigenvalue weighted by Crippen LogP contribution is -2.62. The maximum absolute atomic E-state index is 12.2. The number of carbonyl (C=O) groups excluding carboxylic acids is 1. The van der Waals surface area contributed by atoms with Crippen LogP contribution in [0, 0.1) is 6.92 Å². The summed E-state index contributed by atoms with van der Waals surface area (Å²) in [7, 11) is 1.82. The Morgan fingerprint density at radius 2 is 2.00 bits per heavy atom. The van der Waals surface area contributed by atoms with Crippen molar-refractivity contribution in [2.75, 3.05) is 30.8 Å². The van der Waals surface area contributed by atoms with Gasteiger partial charge in [-0.15, -0.1) is 0 Å². The summed E-state index contributed by atoms with van der Waals surface area (Å²) in [6, 6.07) is 1.86. The van der Waals surface area contributed by atoms with Gasteiger partial charge in [-0.3, -0.25) is 4.79 Å². The summed E-state index contributed by atoms with van der Waals surface area (Å²) in [6.07, 6.45) is 0. The van der Waals surface area contributed by atoms with E-state index < -0.39 is 5.54 Å². The summed E-state index contributed by atoms with van der Waals surface area (Å²) in [5, 5.41) is 0. The van der Waals surface area contributed by atoms with E-state index in [9.17, 15) is 4.79 Å². The van der Waals surface area contributed by atoms with Gasteiger partial charge in [0.1, 0.15) is 11.4 Å². The minimum Gasteiger partial charge on any atom is -0.368 e. The average molecular weight is 249 g/mol. The second kappa shape index (κ2) is 4.12. The van der Waals surface area contributed by atoms with Crippen LogP contribution in [0.5, 0.6) is 0 Å². The molecule has 0 saturated carbocycles. The van der Waals surface area contributed by atoms with Crippen molar-refractivity contribution in [2.45, 2.75) is 26.3 Å². The predicted molar refractivity (Wildman–Crippen MR) is 70.2 cm³/mol. The zero-order valence-electron chi connectivity index (χ0n) is 11.3. The van der Waals surface area contributed by atoms with Gasteiger partial charge in [0, 0.05) is 31.9 Å². The number of nitrogens with two attached hydrogens (primary N) is 1. The Kier molecular flexibility index (Phi) is 2.88. The maximum Gasteiger partial charge on any atom is 0.247 e. The Hall–Kier alpha value is -1.85. The normalized spacial score (nSPS) is 19.2. The molecule has 1 saturated heterocycles. The number of aryl methyl sites for hydroxylation is 1. The maximum atomic E-state index is 12.2. The van der Waals surface area contributed by atoms with E-state index in [-0.39, 0.29) is 11.9 Å². The van der Waals surface area contributed by atoms with E-state index in [1.807, 2.05) is 38.8 Å². The van der Waals surface area contributed by atoms with Crippen molar-refractivity contribution in [1.82, 2.24) is 14.9 Å². The average Bonchev–Trinajstić information content (AvgIpc) is 2.24. The quantitative estimate of drug-likeness (QED) is 0.781. The van der Waals surface area contributed by atoms with Crippen LogP contribution in [0.3, 0.4) is 0 Å². The van der Waals surface area contributed by atoms with Crippen molar-refractivity contribution >= 4 is 17.7 Å². The van der Waals surface area contributed by atoms with Crippen molar-refractivity contribution in [3.05, 3.63) is 11.8 Å². The molecule has 0 aliphatic carbocycles. The highest BCUT2D eigenvalue weighted by Gasteiger charge is 2.41. The standard InChI is InChI=1S/C12H19N5O/c1-8-7-9(15-11(13)14-8)17-6-5-16(4)10(18)12(17,2)3/h7H,5-6H2,1-4H3,(H2,13,14,15). The van der Waals surface area contributed by atoms with Gasteiger partial charge in [-0.25, -0.2) is 4.98 Å². The Labute approximate surface area is 107 Å². The molecule has 0 spiro atoms. The van der Waals surface area contributed by atoms with Crippen LogP contribution in [0.2, 0.25) is 0 Å². The number of anilines is 2. The molecular formula is C12H19N5O. The molecule has 1 aliphatic rings. The Morgan fingerprint density at radius 1 is 1.33 bits per heavy atom. The number of nitrogen functional groups attached to an aromatic ring is 1. The molecule has 1 aliphatic heterocycles. The fourth-order valence-corrected chi connectivity index (χ4v) is 2.33. The third kappa shape index (κ3) is 1.98. The fourth-order valence-electron chi connectivity index (χ4n) is 2.33. The lowest BCUT2D eigenvalue weighted by atomic mass is 9.98. The van der Waals surface area contributed by atoms with Gasteiger partial charge in [0.25, 0.3) is 0 Å². The number of nitrogens with zero attached hydrogens (tertiary/aromatic N) is 4. The number of carbonyl (C=O) groups is 1. The van der Waals surface area contributed by atoms with Gasteiger partial charge in [0.2, 0.25) is 11.9 Å². The van der Waals surface area contributed by atoms with Crippen molar-refractivity contribution in [3.8, 4) is 0 Å². The van der Waals surface area contributed by atoms with E-state index >= 15 is 0 Å². The molecule has 0 radical (unpaired) electrons. The molecule has 98 valence electrons. The van der Waals surface area contributed by atoms with Crippen LogP contribution in [0.4, 0.5) is 11.8 Å². The lowest BCUT2D eigenvalue weighted by molar-refractivity contribution is -0.136. The SMILES string of the molecule is Cc1cc(N2CCN(C)C(=O)C2(C)C)nc(N)n1. The lowest BCUT2D eigenvalue weighted by Gasteiger charge is -2.45. The van der Waals surface area contributed by atoms with E-state index in [1.54, 1.807) is 4.90 Å². The molecule has 1 amide bonds. The highest BCUT2D eigenvalue weighted by Crippen LogP contribution is 2.27. The first kappa shape index (κ1) is 12.6. The molecular weight excluding hydrogens is 230 g/mol. The summed E-state index contributed by atoms with van der Waals surface area (Å²) in [5.74, 6) is 1.04. The van der Waals surface area contributed by atoms with Crippen LogP contribution in [-0.2, 0) is 4.79 Å². The molecule has 18 heavy (non-hydrogen) atoms. The minimum absolute atomic E-state index is 0.0867. The van der Waals surface area contributed by atoms with Gasteiger partial charge < -0.3 is 15.5 Å². The zero-order valence-corrected chi connectivity index (χ0v) is 11.3. The Bertz CT molecular complexity index is 465. The van der Waals surface area contributed by atoms with Crippen molar-refractivity contribution in [3.63, 3.8) is 0 Å². The summed E-state index contributed by atoms with van der Waals surface area (Å²) in [5.41, 5.74) is 5.87. The van der Waals surface area contributed by atoms with Gasteiger partial charge in [-0.05, 0) is 20.8 Å². The fraction of sp³-hybridized carbons (Fsp3) is 0.583. The number of rotatable bonds is 1. The number of aromatic nitrogens is 2. The van der Waals surface area contributed by atoms with E-state index in [0.29, 0.717) is 12.4 Å². The second-order valence-electron chi connectivity index (χ2n) is 5.16. The van der Waals surface area contributed by atoms with E-state index in [2.05, 4.69) is 9.97 Å². The number of piperazine rings is 1. The molecule has 2 N–H and O–H groups in total. The Morgan fingerprint density at radius 3 is 2.61 bits per heavy atom. The number of hydrogen-bond acceptors (Lipinski definition) is 5. The van der Waals surface area contributed by atoms with Gasteiger partial charge in [0.05, 0.1) is 0 Å².